The Balaban J connectivity index is 2.03. The second kappa shape index (κ2) is 4.57. The van der Waals surface area contributed by atoms with Gasteiger partial charge in [-0.05, 0) is 25.2 Å². The average Bonchev–Trinajstić information content (AvgIpc) is 2.50. The molecule has 1 heterocycles. The van der Waals surface area contributed by atoms with Crippen LogP contribution in [0.15, 0.2) is 0 Å². The molecule has 0 aromatic rings. The molecule has 2 rings (SSSR count). The lowest BCUT2D eigenvalue weighted by atomic mass is 9.80. The van der Waals surface area contributed by atoms with Crippen LogP contribution in [0.5, 0.6) is 0 Å². The van der Waals surface area contributed by atoms with Gasteiger partial charge in [-0.1, -0.05) is 6.92 Å². The van der Waals surface area contributed by atoms with Crippen LogP contribution in [-0.2, 0) is 14.6 Å². The number of carboxylic acid groups (broad SMARTS) is 1. The summed E-state index contributed by atoms with van der Waals surface area (Å²) in [6.45, 7) is 2.11. The van der Waals surface area contributed by atoms with Crippen LogP contribution in [0, 0.1) is 5.92 Å². The van der Waals surface area contributed by atoms with E-state index in [0.717, 1.165) is 12.8 Å². The molecule has 1 unspecified atom stereocenters. The van der Waals surface area contributed by atoms with Crippen LogP contribution in [0.2, 0.25) is 0 Å². The van der Waals surface area contributed by atoms with Gasteiger partial charge in [0, 0.05) is 12.1 Å². The molecule has 0 amide bonds. The van der Waals surface area contributed by atoms with E-state index in [1.165, 1.54) is 0 Å². The molecule has 5 nitrogen and oxygen atoms in total. The molecule has 0 aromatic heterocycles. The number of aliphatic carboxylic acids is 1. The van der Waals surface area contributed by atoms with Crippen LogP contribution in [-0.4, -0.2) is 54.5 Å². The van der Waals surface area contributed by atoms with E-state index in [9.17, 15) is 13.2 Å². The molecule has 2 aliphatic rings. The molecular formula is C11H19NO4S. The van der Waals surface area contributed by atoms with Crippen molar-refractivity contribution in [3.63, 3.8) is 0 Å². The van der Waals surface area contributed by atoms with E-state index in [1.807, 2.05) is 4.90 Å². The summed E-state index contributed by atoms with van der Waals surface area (Å²) >= 11 is 0. The molecule has 1 aliphatic heterocycles. The Bertz CT molecular complexity index is 400. The summed E-state index contributed by atoms with van der Waals surface area (Å²) in [4.78, 5) is 12.8. The standard InChI is InChI=1S/C11H19NO4S/c1-8-4-10(5-8)12(6-11(13)14)9-2-3-17(15,16)7-9/h8-10H,2-7H2,1H3,(H,13,14). The first kappa shape index (κ1) is 12.8. The third-order valence-corrected chi connectivity index (χ3v) is 5.56. The van der Waals surface area contributed by atoms with Crippen molar-refractivity contribution in [2.24, 2.45) is 5.92 Å². The molecule has 6 heteroatoms. The van der Waals surface area contributed by atoms with Crippen LogP contribution in [0.3, 0.4) is 0 Å². The Morgan fingerprint density at radius 2 is 2.00 bits per heavy atom. The third-order valence-electron chi connectivity index (χ3n) is 3.81. The van der Waals surface area contributed by atoms with E-state index in [4.69, 9.17) is 5.11 Å². The highest BCUT2D eigenvalue weighted by Gasteiger charge is 2.40. The predicted molar refractivity (Wildman–Crippen MR) is 63.6 cm³/mol. The number of hydrogen-bond acceptors (Lipinski definition) is 4. The minimum absolute atomic E-state index is 0.0302. The largest absolute Gasteiger partial charge is 0.480 e. The first-order valence-corrected chi connectivity index (χ1v) is 7.87. The number of rotatable bonds is 4. The van der Waals surface area contributed by atoms with E-state index in [2.05, 4.69) is 6.92 Å². The van der Waals surface area contributed by atoms with Crippen molar-refractivity contribution in [3.8, 4) is 0 Å². The summed E-state index contributed by atoms with van der Waals surface area (Å²) in [5.74, 6) is 0.101. The minimum Gasteiger partial charge on any atom is -0.480 e. The van der Waals surface area contributed by atoms with Gasteiger partial charge in [-0.2, -0.15) is 0 Å². The fourth-order valence-electron chi connectivity index (χ4n) is 2.88. The van der Waals surface area contributed by atoms with Crippen molar-refractivity contribution in [3.05, 3.63) is 0 Å². The van der Waals surface area contributed by atoms with Crippen LogP contribution in [0.4, 0.5) is 0 Å². The van der Waals surface area contributed by atoms with E-state index in [0.29, 0.717) is 12.3 Å². The fraction of sp³-hybridized carbons (Fsp3) is 0.909. The van der Waals surface area contributed by atoms with Gasteiger partial charge in [0.15, 0.2) is 9.84 Å². The molecule has 0 bridgehead atoms. The fourth-order valence-corrected chi connectivity index (χ4v) is 4.62. The maximum atomic E-state index is 11.5. The maximum Gasteiger partial charge on any atom is 0.317 e. The van der Waals surface area contributed by atoms with Crippen LogP contribution < -0.4 is 0 Å². The molecule has 0 spiro atoms. The van der Waals surface area contributed by atoms with Gasteiger partial charge in [-0.15, -0.1) is 0 Å². The summed E-state index contributed by atoms with van der Waals surface area (Å²) in [7, 11) is -2.94. The summed E-state index contributed by atoms with van der Waals surface area (Å²) in [5, 5.41) is 8.92. The molecule has 2 fully saturated rings. The lowest BCUT2D eigenvalue weighted by molar-refractivity contribution is -0.140. The van der Waals surface area contributed by atoms with Gasteiger partial charge in [0.1, 0.15) is 0 Å². The Hall–Kier alpha value is -0.620. The molecule has 0 radical (unpaired) electrons. The van der Waals surface area contributed by atoms with Gasteiger partial charge >= 0.3 is 5.97 Å². The zero-order valence-electron chi connectivity index (χ0n) is 10.0. The van der Waals surface area contributed by atoms with Crippen molar-refractivity contribution in [1.82, 2.24) is 4.90 Å². The monoisotopic (exact) mass is 261 g/mol. The molecular weight excluding hydrogens is 242 g/mol. The molecule has 1 saturated carbocycles. The minimum atomic E-state index is -2.94. The van der Waals surface area contributed by atoms with Crippen LogP contribution >= 0.6 is 0 Å². The Kier molecular flexibility index (Phi) is 3.45. The van der Waals surface area contributed by atoms with Gasteiger partial charge in [-0.3, -0.25) is 9.69 Å². The van der Waals surface area contributed by atoms with Crippen molar-refractivity contribution in [2.45, 2.75) is 38.3 Å². The summed E-state index contributed by atoms with van der Waals surface area (Å²) in [6.07, 6.45) is 2.56. The van der Waals surface area contributed by atoms with Crippen molar-refractivity contribution in [2.75, 3.05) is 18.1 Å². The van der Waals surface area contributed by atoms with Crippen LogP contribution in [0.1, 0.15) is 26.2 Å². The Morgan fingerprint density at radius 1 is 1.35 bits per heavy atom. The number of carbonyl (C=O) groups is 1. The quantitative estimate of drug-likeness (QED) is 0.791. The smallest absolute Gasteiger partial charge is 0.317 e. The second-order valence-electron chi connectivity index (χ2n) is 5.35. The highest BCUT2D eigenvalue weighted by atomic mass is 32.2. The first-order valence-electron chi connectivity index (χ1n) is 6.05. The van der Waals surface area contributed by atoms with E-state index in [-0.39, 0.29) is 30.1 Å². The molecule has 0 aromatic carbocycles. The molecule has 1 N–H and O–H groups in total. The normalized spacial score (nSPS) is 35.8. The third kappa shape index (κ3) is 2.98. The molecule has 1 aliphatic carbocycles. The lowest BCUT2D eigenvalue weighted by Gasteiger charge is -2.43. The van der Waals surface area contributed by atoms with Gasteiger partial charge in [-0.25, -0.2) is 8.42 Å². The zero-order valence-corrected chi connectivity index (χ0v) is 10.8. The molecule has 17 heavy (non-hydrogen) atoms. The van der Waals surface area contributed by atoms with Gasteiger partial charge in [0.25, 0.3) is 0 Å². The molecule has 98 valence electrons. The van der Waals surface area contributed by atoms with Crippen molar-refractivity contribution in [1.29, 1.82) is 0 Å². The van der Waals surface area contributed by atoms with Crippen molar-refractivity contribution >= 4 is 15.8 Å². The molecule has 1 atom stereocenters. The number of hydrogen-bond donors (Lipinski definition) is 1. The Labute approximate surface area is 102 Å². The zero-order chi connectivity index (χ0) is 12.6. The summed E-state index contributed by atoms with van der Waals surface area (Å²) < 4.78 is 22.9. The summed E-state index contributed by atoms with van der Waals surface area (Å²) in [6, 6.07) is 0.174. The van der Waals surface area contributed by atoms with Crippen molar-refractivity contribution < 1.29 is 18.3 Å². The average molecular weight is 261 g/mol. The number of sulfone groups is 1. The molecule has 1 saturated heterocycles. The first-order chi connectivity index (χ1) is 7.87. The lowest BCUT2D eigenvalue weighted by Crippen LogP contribution is -2.51. The van der Waals surface area contributed by atoms with Crippen LogP contribution in [0.25, 0.3) is 0 Å². The Morgan fingerprint density at radius 3 is 2.41 bits per heavy atom. The highest BCUT2D eigenvalue weighted by molar-refractivity contribution is 7.91. The maximum absolute atomic E-state index is 11.5. The number of nitrogens with zero attached hydrogens (tertiary/aromatic N) is 1. The predicted octanol–water partition coefficient (Wildman–Crippen LogP) is 0.359. The second-order valence-corrected chi connectivity index (χ2v) is 7.58. The van der Waals surface area contributed by atoms with Gasteiger partial charge in [0.05, 0.1) is 18.1 Å². The summed E-state index contributed by atoms with van der Waals surface area (Å²) in [5.41, 5.74) is 0. The SMILES string of the molecule is CC1CC(N(CC(=O)O)C2CCS(=O)(=O)C2)C1. The van der Waals surface area contributed by atoms with Gasteiger partial charge < -0.3 is 5.11 Å². The topological polar surface area (TPSA) is 74.7 Å². The van der Waals surface area contributed by atoms with E-state index >= 15 is 0 Å². The highest BCUT2D eigenvalue weighted by Crippen LogP contribution is 2.34. The number of carboxylic acids is 1. The van der Waals surface area contributed by atoms with E-state index in [1.54, 1.807) is 0 Å². The van der Waals surface area contributed by atoms with E-state index < -0.39 is 15.8 Å². The van der Waals surface area contributed by atoms with Gasteiger partial charge in [0.2, 0.25) is 0 Å².